The number of rotatable bonds is 6. The molecule has 12 heteroatoms. The van der Waals surface area contributed by atoms with E-state index in [2.05, 4.69) is 14.4 Å². The van der Waals surface area contributed by atoms with Crippen molar-refractivity contribution in [3.63, 3.8) is 0 Å². The zero-order chi connectivity index (χ0) is 24.7. The quantitative estimate of drug-likeness (QED) is 0.522. The summed E-state index contributed by atoms with van der Waals surface area (Å²) in [4.78, 5) is 15.4. The number of nitrogens with zero attached hydrogens (tertiary/aromatic N) is 2. The lowest BCUT2D eigenvalue weighted by Gasteiger charge is -2.44. The predicted octanol–water partition coefficient (Wildman–Crippen LogP) is 2.44. The van der Waals surface area contributed by atoms with Crippen molar-refractivity contribution in [2.45, 2.75) is 49.5 Å². The molecule has 3 N–H and O–H groups in total. The fourth-order valence-electron chi connectivity index (χ4n) is 6.40. The first kappa shape index (κ1) is 22.8. The summed E-state index contributed by atoms with van der Waals surface area (Å²) in [5.41, 5.74) is 0.186. The summed E-state index contributed by atoms with van der Waals surface area (Å²) < 4.78 is 55.4. The predicted molar refractivity (Wildman–Crippen MR) is 130 cm³/mol. The number of nitrogens with one attached hydrogen (secondary N) is 2. The molecule has 1 aromatic carbocycles. The molecule has 3 saturated carbocycles. The number of carbonyl (C=O) groups excluding carboxylic acids is 1. The van der Waals surface area contributed by atoms with Crippen molar-refractivity contribution >= 4 is 43.2 Å². The van der Waals surface area contributed by atoms with Gasteiger partial charge in [-0.3, -0.25) is 9.52 Å². The molecule has 2 bridgehead atoms. The minimum atomic E-state index is -4.26. The molecule has 0 saturated heterocycles. The lowest BCUT2D eigenvalue weighted by Crippen LogP contribution is -2.54. The standard InChI is InChI=1S/C23H28N4O6S2/c1-34(30,31)25-15-6-7-16-17(11-15)35(32,33)26-22(24-16)19-21(28)18-13-4-5-14(10-13)20(18)27(23(19)29)9-8-12-2-3-12/h6-7,11-14,18,20,25,28H,2-5,8-10H2,1H3,(H,24,26)/t13-,14+,18?,20?/m0/s1. The molecular formula is C23H28N4O6S2. The number of aliphatic hydroxyl groups excluding tert-OH is 1. The maximum absolute atomic E-state index is 13.7. The molecular weight excluding hydrogens is 492 g/mol. The molecule has 2 aliphatic heterocycles. The van der Waals surface area contributed by atoms with Crippen molar-refractivity contribution in [2.24, 2.45) is 28.1 Å². The second kappa shape index (κ2) is 7.70. The monoisotopic (exact) mass is 520 g/mol. The third kappa shape index (κ3) is 3.90. The molecule has 0 spiro atoms. The van der Waals surface area contributed by atoms with Gasteiger partial charge in [-0.15, -0.1) is 4.40 Å². The SMILES string of the molecule is CS(=O)(=O)Nc1ccc2c(c1)S(=O)(=O)N=C(C1=C(O)C3C([C@@H]4CC[C@H]3C4)N(CCC3CC3)C1=O)N2. The Kier molecular flexibility index (Phi) is 5.02. The second-order valence-corrected chi connectivity index (χ2v) is 13.8. The number of fused-ring (bicyclic) bond motifs is 6. The second-order valence-electron chi connectivity index (χ2n) is 10.5. The number of benzene rings is 1. The normalized spacial score (nSPS) is 31.1. The minimum Gasteiger partial charge on any atom is -0.511 e. The number of anilines is 2. The van der Waals surface area contributed by atoms with Crippen LogP contribution in [0.3, 0.4) is 0 Å². The molecule has 6 rings (SSSR count). The third-order valence-electron chi connectivity index (χ3n) is 8.02. The topological polar surface area (TPSA) is 145 Å². The Bertz CT molecular complexity index is 1400. The fraction of sp³-hybridized carbons (Fsp3) is 0.565. The Morgan fingerprint density at radius 2 is 1.94 bits per heavy atom. The van der Waals surface area contributed by atoms with E-state index in [1.54, 1.807) is 0 Å². The molecule has 1 amide bonds. The van der Waals surface area contributed by atoms with Crippen molar-refractivity contribution in [3.05, 3.63) is 29.5 Å². The van der Waals surface area contributed by atoms with Gasteiger partial charge in [0.2, 0.25) is 10.0 Å². The third-order valence-corrected chi connectivity index (χ3v) is 9.94. The highest BCUT2D eigenvalue weighted by Gasteiger charge is 2.57. The summed E-state index contributed by atoms with van der Waals surface area (Å²) in [5.74, 6) is 0.455. The van der Waals surface area contributed by atoms with Crippen molar-refractivity contribution in [1.82, 2.24) is 4.90 Å². The van der Waals surface area contributed by atoms with Gasteiger partial charge in [-0.1, -0.05) is 12.8 Å². The van der Waals surface area contributed by atoms with Crippen LogP contribution in [0.2, 0.25) is 0 Å². The Hall–Kier alpha value is -2.60. The molecule has 10 nitrogen and oxygen atoms in total. The van der Waals surface area contributed by atoms with E-state index in [1.165, 1.54) is 31.0 Å². The molecule has 0 radical (unpaired) electrons. The Morgan fingerprint density at radius 1 is 1.20 bits per heavy atom. The zero-order valence-electron chi connectivity index (χ0n) is 19.3. The molecule has 4 atom stereocenters. The summed E-state index contributed by atoms with van der Waals surface area (Å²) in [6, 6.07) is 3.99. The fourth-order valence-corrected chi connectivity index (χ4v) is 8.10. The lowest BCUT2D eigenvalue weighted by molar-refractivity contribution is -0.133. The smallest absolute Gasteiger partial charge is 0.286 e. The number of sulfonamides is 2. The molecule has 2 unspecified atom stereocenters. The zero-order valence-corrected chi connectivity index (χ0v) is 20.9. The molecule has 1 aromatic rings. The molecule has 2 heterocycles. The van der Waals surface area contributed by atoms with Gasteiger partial charge in [-0.2, -0.15) is 8.42 Å². The summed E-state index contributed by atoms with van der Waals surface area (Å²) >= 11 is 0. The van der Waals surface area contributed by atoms with Crippen LogP contribution in [0.4, 0.5) is 11.4 Å². The number of hydrogen-bond donors (Lipinski definition) is 3. The number of aliphatic hydroxyl groups is 1. The summed E-state index contributed by atoms with van der Waals surface area (Å²) in [6.45, 7) is 0.599. The first-order valence-electron chi connectivity index (χ1n) is 12.0. The van der Waals surface area contributed by atoms with Gasteiger partial charge in [-0.25, -0.2) is 8.42 Å². The van der Waals surface area contributed by atoms with Crippen molar-refractivity contribution in [3.8, 4) is 0 Å². The van der Waals surface area contributed by atoms with E-state index in [0.717, 1.165) is 31.9 Å². The van der Waals surface area contributed by atoms with E-state index in [1.807, 2.05) is 4.90 Å². The van der Waals surface area contributed by atoms with Gasteiger partial charge in [0, 0.05) is 24.2 Å². The van der Waals surface area contributed by atoms with E-state index in [-0.39, 0.29) is 57.2 Å². The van der Waals surface area contributed by atoms with E-state index >= 15 is 0 Å². The van der Waals surface area contributed by atoms with Crippen LogP contribution >= 0.6 is 0 Å². The van der Waals surface area contributed by atoms with Gasteiger partial charge < -0.3 is 15.3 Å². The van der Waals surface area contributed by atoms with Gasteiger partial charge in [0.1, 0.15) is 16.2 Å². The average Bonchev–Trinajstić information content (AvgIpc) is 3.36. The average molecular weight is 521 g/mol. The molecule has 3 fully saturated rings. The Morgan fingerprint density at radius 3 is 2.66 bits per heavy atom. The van der Waals surface area contributed by atoms with Crippen LogP contribution < -0.4 is 10.0 Å². The van der Waals surface area contributed by atoms with Crippen LogP contribution in [-0.4, -0.2) is 57.4 Å². The van der Waals surface area contributed by atoms with E-state index in [9.17, 15) is 26.7 Å². The highest BCUT2D eigenvalue weighted by Crippen LogP contribution is 2.55. The summed E-state index contributed by atoms with van der Waals surface area (Å²) in [6.07, 6.45) is 7.24. The molecule has 35 heavy (non-hydrogen) atoms. The lowest BCUT2D eigenvalue weighted by atomic mass is 9.77. The van der Waals surface area contributed by atoms with Gasteiger partial charge >= 0.3 is 0 Å². The first-order chi connectivity index (χ1) is 16.5. The van der Waals surface area contributed by atoms with Gasteiger partial charge in [0.15, 0.2) is 5.84 Å². The Balaban J connectivity index is 1.39. The number of amides is 1. The van der Waals surface area contributed by atoms with E-state index < -0.39 is 20.0 Å². The van der Waals surface area contributed by atoms with Crippen LogP contribution in [0, 0.1) is 23.7 Å². The maximum Gasteiger partial charge on any atom is 0.286 e. The largest absolute Gasteiger partial charge is 0.511 e. The molecule has 188 valence electrons. The molecule has 5 aliphatic rings. The van der Waals surface area contributed by atoms with Crippen molar-refractivity contribution in [1.29, 1.82) is 0 Å². The molecule has 3 aliphatic carbocycles. The number of carbonyl (C=O) groups is 1. The summed E-state index contributed by atoms with van der Waals surface area (Å²) in [7, 11) is -7.86. The van der Waals surface area contributed by atoms with Gasteiger partial charge in [-0.05, 0) is 61.6 Å². The summed E-state index contributed by atoms with van der Waals surface area (Å²) in [5, 5.41) is 14.2. The van der Waals surface area contributed by atoms with Crippen LogP contribution in [0.25, 0.3) is 0 Å². The minimum absolute atomic E-state index is 0.0403. The van der Waals surface area contributed by atoms with E-state index in [4.69, 9.17) is 0 Å². The number of hydrogen-bond acceptors (Lipinski definition) is 7. The highest BCUT2D eigenvalue weighted by molar-refractivity contribution is 7.92. The number of amidine groups is 1. The first-order valence-corrected chi connectivity index (χ1v) is 15.3. The Labute approximate surface area is 204 Å². The van der Waals surface area contributed by atoms with E-state index in [0.29, 0.717) is 18.4 Å². The van der Waals surface area contributed by atoms with Crippen molar-refractivity contribution in [2.75, 3.05) is 22.8 Å². The van der Waals surface area contributed by atoms with Gasteiger partial charge in [0.05, 0.1) is 11.9 Å². The van der Waals surface area contributed by atoms with Gasteiger partial charge in [0.25, 0.3) is 15.9 Å². The highest BCUT2D eigenvalue weighted by atomic mass is 32.2. The van der Waals surface area contributed by atoms with Crippen molar-refractivity contribution < 1.29 is 26.7 Å². The van der Waals surface area contributed by atoms with Crippen LogP contribution in [-0.2, 0) is 24.8 Å². The van der Waals surface area contributed by atoms with Crippen LogP contribution in [0.15, 0.2) is 38.8 Å². The molecule has 0 aromatic heterocycles. The van der Waals surface area contributed by atoms with Crippen LogP contribution in [0.1, 0.15) is 38.5 Å². The van der Waals surface area contributed by atoms with Crippen LogP contribution in [0.5, 0.6) is 0 Å². The maximum atomic E-state index is 13.7.